The van der Waals surface area contributed by atoms with Crippen molar-refractivity contribution in [2.45, 2.75) is 19.3 Å². The van der Waals surface area contributed by atoms with Crippen LogP contribution in [-0.2, 0) is 25.5 Å². The molecule has 0 saturated carbocycles. The first-order valence-corrected chi connectivity index (χ1v) is 13.3. The topological polar surface area (TPSA) is 25.4 Å². The minimum atomic E-state index is -0.205. The summed E-state index contributed by atoms with van der Waals surface area (Å²) in [5.41, 5.74) is 10.0. The molecule has 5 aromatic carbocycles. The predicted octanol–water partition coefficient (Wildman–Crippen LogP) is 9.58. The van der Waals surface area contributed by atoms with Crippen molar-refractivity contribution in [3.05, 3.63) is 133 Å². The van der Waals surface area contributed by atoms with Crippen LogP contribution < -0.4 is 9.64 Å². The van der Waals surface area contributed by atoms with Crippen molar-refractivity contribution in [1.82, 2.24) is 4.98 Å². The van der Waals surface area contributed by atoms with E-state index in [0.717, 1.165) is 45.1 Å². The van der Waals surface area contributed by atoms with Gasteiger partial charge in [0.1, 0.15) is 0 Å². The molecule has 0 fully saturated rings. The monoisotopic (exact) mass is 694 g/mol. The zero-order valence-corrected chi connectivity index (χ0v) is 24.5. The van der Waals surface area contributed by atoms with Gasteiger partial charge in [-0.2, -0.15) is 0 Å². The number of hydrogen-bond acceptors (Lipinski definition) is 3. The van der Waals surface area contributed by atoms with Crippen LogP contribution in [0.4, 0.5) is 17.1 Å². The number of fused-ring (bicyclic) bond motifs is 5. The Balaban J connectivity index is 0.00000264. The summed E-state index contributed by atoms with van der Waals surface area (Å²) in [6.07, 6.45) is 1.88. The number of hydrogen-bond donors (Lipinski definition) is 0. The van der Waals surface area contributed by atoms with Crippen molar-refractivity contribution in [2.75, 3.05) is 4.90 Å². The van der Waals surface area contributed by atoms with E-state index in [-0.39, 0.29) is 25.5 Å². The van der Waals surface area contributed by atoms with E-state index in [0.29, 0.717) is 0 Å². The number of aromatic nitrogens is 1. The van der Waals surface area contributed by atoms with Crippen LogP contribution in [0.2, 0.25) is 0 Å². The van der Waals surface area contributed by atoms with Gasteiger partial charge in [0.25, 0.3) is 0 Å². The Labute approximate surface area is 247 Å². The maximum absolute atomic E-state index is 6.36. The van der Waals surface area contributed by atoms with Crippen LogP contribution in [0.3, 0.4) is 0 Å². The molecule has 195 valence electrons. The number of ether oxygens (including phenoxy) is 1. The molecule has 0 bridgehead atoms. The number of nitrogens with zero attached hydrogens (tertiary/aromatic N) is 2. The third-order valence-corrected chi connectivity index (χ3v) is 8.20. The molecule has 40 heavy (non-hydrogen) atoms. The predicted molar refractivity (Wildman–Crippen MR) is 158 cm³/mol. The third kappa shape index (κ3) is 3.57. The second-order valence-electron chi connectivity index (χ2n) is 10.8. The van der Waals surface area contributed by atoms with Crippen molar-refractivity contribution in [2.24, 2.45) is 0 Å². The molecule has 2 aliphatic heterocycles. The van der Waals surface area contributed by atoms with Gasteiger partial charge in [-0.3, -0.25) is 0 Å². The molecule has 0 N–H and O–H groups in total. The third-order valence-electron chi connectivity index (χ3n) is 8.20. The quantitative estimate of drug-likeness (QED) is 0.169. The molecule has 0 spiro atoms. The SMILES string of the molecule is CC1(C)c2cc(-c3cc[c-]c(-c4nccc5ccccc45)c3)ccc2N2c3ccccc3Oc3cccc1c32.[Ir]. The van der Waals surface area contributed by atoms with Crippen LogP contribution in [0.25, 0.3) is 33.2 Å². The summed E-state index contributed by atoms with van der Waals surface area (Å²) in [7, 11) is 0. The summed E-state index contributed by atoms with van der Waals surface area (Å²) >= 11 is 0. The summed E-state index contributed by atoms with van der Waals surface area (Å²) in [6, 6.07) is 41.8. The van der Waals surface area contributed by atoms with Crippen LogP contribution in [0.1, 0.15) is 25.0 Å². The number of benzene rings is 5. The molecular weight excluding hydrogens is 669 g/mol. The van der Waals surface area contributed by atoms with Gasteiger partial charge in [-0.1, -0.05) is 68.4 Å². The maximum Gasteiger partial charge on any atom is 0.151 e. The van der Waals surface area contributed by atoms with Gasteiger partial charge < -0.3 is 14.6 Å². The van der Waals surface area contributed by atoms with Gasteiger partial charge >= 0.3 is 0 Å². The van der Waals surface area contributed by atoms with Crippen LogP contribution in [0.15, 0.2) is 115 Å². The Morgan fingerprint density at radius 3 is 2.45 bits per heavy atom. The first-order chi connectivity index (χ1) is 19.1. The van der Waals surface area contributed by atoms with Crippen molar-refractivity contribution in [3.63, 3.8) is 0 Å². The van der Waals surface area contributed by atoms with E-state index < -0.39 is 0 Å². The van der Waals surface area contributed by atoms with Gasteiger partial charge in [0.05, 0.1) is 17.1 Å². The largest absolute Gasteiger partial charge is 0.453 e. The van der Waals surface area contributed by atoms with Crippen LogP contribution in [-0.4, -0.2) is 4.98 Å². The zero-order chi connectivity index (χ0) is 26.1. The van der Waals surface area contributed by atoms with Gasteiger partial charge in [0.2, 0.25) is 0 Å². The molecule has 3 heterocycles. The first kappa shape index (κ1) is 24.8. The fourth-order valence-corrected chi connectivity index (χ4v) is 6.23. The number of anilines is 3. The Morgan fingerprint density at radius 2 is 1.52 bits per heavy atom. The number of pyridine rings is 1. The van der Waals surface area contributed by atoms with Crippen molar-refractivity contribution in [3.8, 4) is 33.9 Å². The minimum Gasteiger partial charge on any atom is -0.453 e. The molecule has 1 radical (unpaired) electrons. The van der Waals surface area contributed by atoms with E-state index in [9.17, 15) is 0 Å². The molecule has 2 aliphatic rings. The molecule has 1 aromatic heterocycles. The molecule has 0 atom stereocenters. The fourth-order valence-electron chi connectivity index (χ4n) is 6.23. The van der Waals surface area contributed by atoms with E-state index in [2.05, 4.69) is 116 Å². The molecule has 8 rings (SSSR count). The second kappa shape index (κ2) is 9.16. The zero-order valence-electron chi connectivity index (χ0n) is 22.1. The van der Waals surface area contributed by atoms with Gasteiger partial charge in [-0.05, 0) is 69.6 Å². The average molecular weight is 694 g/mol. The van der Waals surface area contributed by atoms with Crippen molar-refractivity contribution < 1.29 is 24.8 Å². The fraction of sp³-hybridized carbons (Fsp3) is 0.0833. The second-order valence-corrected chi connectivity index (χ2v) is 10.8. The molecule has 0 unspecified atom stereocenters. The summed E-state index contributed by atoms with van der Waals surface area (Å²) in [6.45, 7) is 4.63. The van der Waals surface area contributed by atoms with Gasteiger partial charge in [-0.15, -0.1) is 35.4 Å². The summed E-state index contributed by atoms with van der Waals surface area (Å²) in [4.78, 5) is 7.11. The van der Waals surface area contributed by atoms with E-state index in [4.69, 9.17) is 9.72 Å². The van der Waals surface area contributed by atoms with Crippen molar-refractivity contribution in [1.29, 1.82) is 0 Å². The summed E-state index contributed by atoms with van der Waals surface area (Å²) < 4.78 is 6.36. The molecular formula is C36H25IrN2O-. The standard InChI is InChI=1S/C36H25N2O.Ir/c1-36(2)28-13-8-16-33-35(28)38(31-14-5-6-15-32(31)39-33)30-18-17-25(22-29(30)36)24-10-7-11-26(21-24)34-27-12-4-3-9-23(27)19-20-37-34;/h3-10,12-22H,1-2H3;/q-1;. The smallest absolute Gasteiger partial charge is 0.151 e. The Hall–Kier alpha value is -4.24. The van der Waals surface area contributed by atoms with Crippen LogP contribution >= 0.6 is 0 Å². The van der Waals surface area contributed by atoms with E-state index in [1.54, 1.807) is 0 Å². The Bertz CT molecular complexity index is 1940. The Kier molecular flexibility index (Phi) is 5.67. The molecule has 0 amide bonds. The van der Waals surface area contributed by atoms with Crippen LogP contribution in [0.5, 0.6) is 11.5 Å². The Morgan fingerprint density at radius 1 is 0.725 bits per heavy atom. The van der Waals surface area contributed by atoms with E-state index >= 15 is 0 Å². The van der Waals surface area contributed by atoms with Crippen LogP contribution in [0, 0.1) is 6.07 Å². The molecule has 0 aliphatic carbocycles. The minimum absolute atomic E-state index is 0. The van der Waals surface area contributed by atoms with E-state index in [1.165, 1.54) is 27.8 Å². The average Bonchev–Trinajstić information content (AvgIpc) is 2.98. The first-order valence-electron chi connectivity index (χ1n) is 13.3. The van der Waals surface area contributed by atoms with Crippen molar-refractivity contribution >= 4 is 27.8 Å². The maximum atomic E-state index is 6.36. The molecule has 3 nitrogen and oxygen atoms in total. The summed E-state index contributed by atoms with van der Waals surface area (Å²) in [5, 5.41) is 2.32. The van der Waals surface area contributed by atoms with Gasteiger partial charge in [0, 0.05) is 31.7 Å². The number of rotatable bonds is 2. The molecule has 6 aromatic rings. The summed E-state index contributed by atoms with van der Waals surface area (Å²) in [5.74, 6) is 1.78. The molecule has 0 saturated heterocycles. The molecule has 4 heteroatoms. The van der Waals surface area contributed by atoms with Gasteiger partial charge in [0.15, 0.2) is 11.5 Å². The number of para-hydroxylation sites is 3. The van der Waals surface area contributed by atoms with E-state index in [1.807, 2.05) is 24.4 Å². The normalized spacial score (nSPS) is 13.9. The van der Waals surface area contributed by atoms with Gasteiger partial charge in [-0.25, -0.2) is 0 Å².